The summed E-state index contributed by atoms with van der Waals surface area (Å²) in [4.78, 5) is 4.63. The Morgan fingerprint density at radius 2 is 1.89 bits per heavy atom. The molecule has 0 saturated heterocycles. The highest BCUT2D eigenvalue weighted by Gasteiger charge is 2.13. The molecule has 2 heterocycles. The zero-order chi connectivity index (χ0) is 18.6. The molecule has 2 aromatic carbocycles. The third kappa shape index (κ3) is 3.48. The molecule has 0 radical (unpaired) electrons. The molecule has 0 saturated carbocycles. The highest BCUT2D eigenvalue weighted by Crippen LogP contribution is 2.32. The Hall–Kier alpha value is -3.72. The van der Waals surface area contributed by atoms with Gasteiger partial charge in [-0.3, -0.25) is 0 Å². The summed E-state index contributed by atoms with van der Waals surface area (Å²) in [6.45, 7) is 0.765. The van der Waals surface area contributed by atoms with Crippen LogP contribution in [0.4, 0.5) is 5.82 Å². The number of nitriles is 1. The van der Waals surface area contributed by atoms with E-state index in [-0.39, 0.29) is 6.79 Å². The summed E-state index contributed by atoms with van der Waals surface area (Å²) in [5, 5.41) is 12.6. The van der Waals surface area contributed by atoms with E-state index in [0.29, 0.717) is 17.9 Å². The van der Waals surface area contributed by atoms with Crippen LogP contribution >= 0.6 is 0 Å². The monoisotopic (exact) mass is 359 g/mol. The van der Waals surface area contributed by atoms with Crippen LogP contribution in [-0.4, -0.2) is 18.9 Å². The van der Waals surface area contributed by atoms with Crippen molar-refractivity contribution in [2.24, 2.45) is 0 Å². The van der Waals surface area contributed by atoms with Gasteiger partial charge in [0.25, 0.3) is 0 Å². The van der Waals surface area contributed by atoms with Crippen molar-refractivity contribution in [3.8, 4) is 34.6 Å². The van der Waals surface area contributed by atoms with Gasteiger partial charge in [-0.25, -0.2) is 4.98 Å². The van der Waals surface area contributed by atoms with Crippen LogP contribution in [0, 0.1) is 11.3 Å². The third-order valence-electron chi connectivity index (χ3n) is 4.30. The second-order valence-electron chi connectivity index (χ2n) is 5.97. The highest BCUT2D eigenvalue weighted by molar-refractivity contribution is 5.65. The minimum atomic E-state index is 0.246. The van der Waals surface area contributed by atoms with E-state index in [2.05, 4.69) is 16.4 Å². The molecular formula is C21H17N3O3. The van der Waals surface area contributed by atoms with E-state index >= 15 is 0 Å². The van der Waals surface area contributed by atoms with Crippen molar-refractivity contribution in [3.05, 3.63) is 65.7 Å². The number of pyridine rings is 1. The number of benzene rings is 2. The molecule has 1 aromatic heterocycles. The molecule has 0 atom stereocenters. The number of hydrogen-bond acceptors (Lipinski definition) is 6. The molecule has 6 heteroatoms. The Morgan fingerprint density at radius 1 is 1.07 bits per heavy atom. The van der Waals surface area contributed by atoms with Crippen molar-refractivity contribution in [1.29, 1.82) is 5.26 Å². The second-order valence-corrected chi connectivity index (χ2v) is 5.97. The molecule has 1 aliphatic rings. The Labute approximate surface area is 157 Å². The van der Waals surface area contributed by atoms with E-state index in [1.54, 1.807) is 13.2 Å². The highest BCUT2D eigenvalue weighted by atomic mass is 16.7. The van der Waals surface area contributed by atoms with Crippen LogP contribution < -0.4 is 19.5 Å². The molecule has 0 bridgehead atoms. The van der Waals surface area contributed by atoms with E-state index in [1.165, 1.54) is 0 Å². The molecule has 134 valence electrons. The maximum absolute atomic E-state index is 9.39. The van der Waals surface area contributed by atoms with Gasteiger partial charge in [0.2, 0.25) is 6.79 Å². The van der Waals surface area contributed by atoms with Crippen LogP contribution in [0.15, 0.2) is 54.6 Å². The van der Waals surface area contributed by atoms with Crippen LogP contribution in [0.1, 0.15) is 11.1 Å². The van der Waals surface area contributed by atoms with Gasteiger partial charge < -0.3 is 19.5 Å². The first-order valence-electron chi connectivity index (χ1n) is 8.45. The number of nitrogens with zero attached hydrogens (tertiary/aromatic N) is 2. The van der Waals surface area contributed by atoms with Gasteiger partial charge in [-0.1, -0.05) is 6.07 Å². The van der Waals surface area contributed by atoms with Gasteiger partial charge in [0.05, 0.1) is 18.4 Å². The summed E-state index contributed by atoms with van der Waals surface area (Å²) in [5.41, 5.74) is 3.24. The molecule has 4 rings (SSSR count). The average Bonchev–Trinajstić information content (AvgIpc) is 3.20. The minimum Gasteiger partial charge on any atom is -0.497 e. The lowest BCUT2D eigenvalue weighted by Gasteiger charge is -2.10. The van der Waals surface area contributed by atoms with E-state index in [1.807, 2.05) is 48.5 Å². The minimum absolute atomic E-state index is 0.246. The molecular weight excluding hydrogens is 342 g/mol. The van der Waals surface area contributed by atoms with Gasteiger partial charge in [-0.2, -0.15) is 5.26 Å². The zero-order valence-electron chi connectivity index (χ0n) is 14.7. The smallest absolute Gasteiger partial charge is 0.231 e. The molecule has 6 nitrogen and oxygen atoms in total. The van der Waals surface area contributed by atoms with E-state index in [0.717, 1.165) is 34.1 Å². The number of nitrogens with one attached hydrogen (secondary N) is 1. The Bertz CT molecular complexity index is 1010. The molecule has 27 heavy (non-hydrogen) atoms. The van der Waals surface area contributed by atoms with E-state index in [9.17, 15) is 5.26 Å². The summed E-state index contributed by atoms with van der Waals surface area (Å²) in [6, 6.07) is 19.2. The Kier molecular flexibility index (Phi) is 4.50. The van der Waals surface area contributed by atoms with Gasteiger partial charge in [0, 0.05) is 12.1 Å². The summed E-state index contributed by atoms with van der Waals surface area (Å²) in [5.74, 6) is 2.81. The number of rotatable bonds is 5. The average molecular weight is 359 g/mol. The maximum atomic E-state index is 9.39. The van der Waals surface area contributed by atoms with E-state index in [4.69, 9.17) is 14.2 Å². The molecule has 1 aliphatic heterocycles. The molecule has 0 fully saturated rings. The summed E-state index contributed by atoms with van der Waals surface area (Å²) in [6.07, 6.45) is 0. The first-order valence-corrected chi connectivity index (χ1v) is 8.45. The predicted octanol–water partition coefficient (Wildman–Crippen LogP) is 3.97. The van der Waals surface area contributed by atoms with Crippen LogP contribution in [0.25, 0.3) is 11.3 Å². The first kappa shape index (κ1) is 16.7. The standard InChI is InChI=1S/C21H17N3O3/c1-25-17-6-3-15(4-7-17)18-8-5-16(11-22)21(24-18)23-12-14-2-9-19-20(10-14)27-13-26-19/h2-10H,12-13H2,1H3,(H,23,24). The molecule has 1 N–H and O–H groups in total. The van der Waals surface area contributed by atoms with Crippen molar-refractivity contribution in [3.63, 3.8) is 0 Å². The number of hydrogen-bond donors (Lipinski definition) is 1. The van der Waals surface area contributed by atoms with Crippen molar-refractivity contribution < 1.29 is 14.2 Å². The normalized spacial score (nSPS) is 11.7. The maximum Gasteiger partial charge on any atom is 0.231 e. The number of fused-ring (bicyclic) bond motifs is 1. The van der Waals surface area contributed by atoms with Crippen molar-refractivity contribution >= 4 is 5.82 Å². The molecule has 0 aliphatic carbocycles. The third-order valence-corrected chi connectivity index (χ3v) is 4.30. The SMILES string of the molecule is COc1ccc(-c2ccc(C#N)c(NCc3ccc4c(c3)OCO4)n2)cc1. The van der Waals surface area contributed by atoms with Crippen molar-refractivity contribution in [2.45, 2.75) is 6.54 Å². The number of ether oxygens (including phenoxy) is 3. The summed E-state index contributed by atoms with van der Waals surface area (Å²) < 4.78 is 15.9. The van der Waals surface area contributed by atoms with Gasteiger partial charge in [-0.15, -0.1) is 0 Å². The quantitative estimate of drug-likeness (QED) is 0.743. The lowest BCUT2D eigenvalue weighted by molar-refractivity contribution is 0.174. The second kappa shape index (κ2) is 7.26. The van der Waals surface area contributed by atoms with Gasteiger partial charge in [-0.05, 0) is 54.1 Å². The van der Waals surface area contributed by atoms with Crippen LogP contribution in [-0.2, 0) is 6.54 Å². The molecule has 0 amide bonds. The van der Waals surface area contributed by atoms with Crippen molar-refractivity contribution in [2.75, 3.05) is 19.2 Å². The summed E-state index contributed by atoms with van der Waals surface area (Å²) >= 11 is 0. The predicted molar refractivity (Wildman–Crippen MR) is 101 cm³/mol. The number of aromatic nitrogens is 1. The topological polar surface area (TPSA) is 76.4 Å². The molecule has 3 aromatic rings. The van der Waals surface area contributed by atoms with Crippen molar-refractivity contribution in [1.82, 2.24) is 4.98 Å². The fourth-order valence-corrected chi connectivity index (χ4v) is 2.84. The van der Waals surface area contributed by atoms with Crippen LogP contribution in [0.5, 0.6) is 17.2 Å². The summed E-state index contributed by atoms with van der Waals surface area (Å²) in [7, 11) is 1.63. The molecule has 0 unspecified atom stereocenters. The first-order chi connectivity index (χ1) is 13.3. The number of anilines is 1. The van der Waals surface area contributed by atoms with Crippen LogP contribution in [0.2, 0.25) is 0 Å². The fraction of sp³-hybridized carbons (Fsp3) is 0.143. The lowest BCUT2D eigenvalue weighted by Crippen LogP contribution is -2.04. The van der Waals surface area contributed by atoms with E-state index < -0.39 is 0 Å². The van der Waals surface area contributed by atoms with Gasteiger partial charge in [0.1, 0.15) is 17.6 Å². The Morgan fingerprint density at radius 3 is 2.67 bits per heavy atom. The lowest BCUT2D eigenvalue weighted by atomic mass is 10.1. The zero-order valence-corrected chi connectivity index (χ0v) is 14.7. The van der Waals surface area contributed by atoms with Gasteiger partial charge >= 0.3 is 0 Å². The fourth-order valence-electron chi connectivity index (χ4n) is 2.84. The van der Waals surface area contributed by atoms with Gasteiger partial charge in [0.15, 0.2) is 11.5 Å². The number of methoxy groups -OCH3 is 1. The Balaban J connectivity index is 1.56. The van der Waals surface area contributed by atoms with Crippen LogP contribution in [0.3, 0.4) is 0 Å². The molecule has 0 spiro atoms. The largest absolute Gasteiger partial charge is 0.497 e.